The summed E-state index contributed by atoms with van der Waals surface area (Å²) in [6.07, 6.45) is 0. The van der Waals surface area contributed by atoms with Crippen LogP contribution < -0.4 is 11.3 Å². The first kappa shape index (κ1) is 9.98. The number of hydrogen-bond donors (Lipinski definition) is 2. The van der Waals surface area contributed by atoms with Crippen molar-refractivity contribution in [3.8, 4) is 0 Å². The van der Waals surface area contributed by atoms with Gasteiger partial charge in [-0.15, -0.1) is 0 Å². The van der Waals surface area contributed by atoms with Gasteiger partial charge in [-0.05, 0) is 18.2 Å². The Balaban J connectivity index is 2.65. The van der Waals surface area contributed by atoms with Crippen molar-refractivity contribution in [3.63, 3.8) is 0 Å². The number of benzene rings is 1. The van der Waals surface area contributed by atoms with E-state index in [4.69, 9.17) is 5.84 Å². The van der Waals surface area contributed by atoms with E-state index < -0.39 is 0 Å². The average molecular weight is 204 g/mol. The molecule has 0 saturated heterocycles. The number of hydrazine groups is 1. The highest BCUT2D eigenvalue weighted by molar-refractivity contribution is 5.80. The smallest absolute Gasteiger partial charge is 0.112 e. The predicted octanol–water partition coefficient (Wildman–Crippen LogP) is 1.98. The average Bonchev–Trinajstić information content (AvgIpc) is 2.55. The van der Waals surface area contributed by atoms with E-state index in [1.807, 2.05) is 25.2 Å². The molecule has 0 saturated carbocycles. The van der Waals surface area contributed by atoms with Crippen molar-refractivity contribution < 1.29 is 0 Å². The standard InChI is InChI=1S/C11H16N4/c1-7(2)11-13-9-6-8(14-12)4-5-10(9)15(11)3/h4-7,14H,12H2,1-3H3. The zero-order valence-electron chi connectivity index (χ0n) is 9.28. The normalized spacial score (nSPS) is 11.3. The molecule has 1 aromatic carbocycles. The van der Waals surface area contributed by atoms with Crippen LogP contribution in [-0.2, 0) is 7.05 Å². The molecule has 0 fully saturated rings. The first-order valence-corrected chi connectivity index (χ1v) is 5.06. The van der Waals surface area contributed by atoms with E-state index in [1.165, 1.54) is 0 Å². The number of nitrogens with two attached hydrogens (primary N) is 1. The van der Waals surface area contributed by atoms with Gasteiger partial charge < -0.3 is 9.99 Å². The van der Waals surface area contributed by atoms with Crippen molar-refractivity contribution in [2.75, 3.05) is 5.43 Å². The van der Waals surface area contributed by atoms with Crippen molar-refractivity contribution in [3.05, 3.63) is 24.0 Å². The van der Waals surface area contributed by atoms with Gasteiger partial charge in [-0.25, -0.2) is 4.98 Å². The fraction of sp³-hybridized carbons (Fsp3) is 0.364. The maximum absolute atomic E-state index is 5.36. The summed E-state index contributed by atoms with van der Waals surface area (Å²) in [6, 6.07) is 5.94. The van der Waals surface area contributed by atoms with Crippen molar-refractivity contribution in [2.24, 2.45) is 12.9 Å². The Morgan fingerprint density at radius 3 is 2.73 bits per heavy atom. The lowest BCUT2D eigenvalue weighted by molar-refractivity contribution is 0.722. The number of aromatic nitrogens is 2. The molecule has 2 aromatic rings. The molecule has 0 unspecified atom stereocenters. The number of nitrogen functional groups attached to an aromatic ring is 1. The van der Waals surface area contributed by atoms with Crippen molar-refractivity contribution in [1.82, 2.24) is 9.55 Å². The van der Waals surface area contributed by atoms with E-state index in [0.717, 1.165) is 22.5 Å². The minimum Gasteiger partial charge on any atom is -0.331 e. The topological polar surface area (TPSA) is 55.9 Å². The molecule has 0 atom stereocenters. The Morgan fingerprint density at radius 1 is 1.40 bits per heavy atom. The Hall–Kier alpha value is -1.55. The Labute approximate surface area is 89.1 Å². The summed E-state index contributed by atoms with van der Waals surface area (Å²) in [4.78, 5) is 4.59. The molecule has 0 aliphatic carbocycles. The SMILES string of the molecule is CC(C)c1nc2cc(NN)ccc2n1C. The van der Waals surface area contributed by atoms with Crippen LogP contribution in [0.3, 0.4) is 0 Å². The second kappa shape index (κ2) is 3.55. The number of aryl methyl sites for hydroxylation is 1. The van der Waals surface area contributed by atoms with Gasteiger partial charge in [0.15, 0.2) is 0 Å². The Morgan fingerprint density at radius 2 is 2.13 bits per heavy atom. The number of hydrogen-bond acceptors (Lipinski definition) is 3. The highest BCUT2D eigenvalue weighted by atomic mass is 15.2. The van der Waals surface area contributed by atoms with E-state index >= 15 is 0 Å². The molecule has 4 heteroatoms. The van der Waals surface area contributed by atoms with Gasteiger partial charge in [-0.3, -0.25) is 5.84 Å². The van der Waals surface area contributed by atoms with E-state index in [-0.39, 0.29) is 0 Å². The number of nitrogens with zero attached hydrogens (tertiary/aromatic N) is 2. The highest BCUT2D eigenvalue weighted by Crippen LogP contribution is 2.22. The number of fused-ring (bicyclic) bond motifs is 1. The zero-order chi connectivity index (χ0) is 11.0. The monoisotopic (exact) mass is 204 g/mol. The lowest BCUT2D eigenvalue weighted by atomic mass is 10.2. The molecule has 3 N–H and O–H groups in total. The summed E-state index contributed by atoms with van der Waals surface area (Å²) >= 11 is 0. The molecule has 0 bridgehead atoms. The second-order valence-electron chi connectivity index (χ2n) is 4.03. The summed E-state index contributed by atoms with van der Waals surface area (Å²) in [6.45, 7) is 4.28. The molecule has 80 valence electrons. The number of anilines is 1. The quantitative estimate of drug-likeness (QED) is 0.581. The maximum atomic E-state index is 5.36. The van der Waals surface area contributed by atoms with Gasteiger partial charge in [-0.2, -0.15) is 0 Å². The van der Waals surface area contributed by atoms with Crippen LogP contribution >= 0.6 is 0 Å². The summed E-state index contributed by atoms with van der Waals surface area (Å²) in [5, 5.41) is 0. The summed E-state index contributed by atoms with van der Waals surface area (Å²) in [7, 11) is 2.04. The Bertz CT molecular complexity index is 485. The number of imidazole rings is 1. The first-order chi connectivity index (χ1) is 7.13. The fourth-order valence-corrected chi connectivity index (χ4v) is 1.82. The molecule has 1 aromatic heterocycles. The van der Waals surface area contributed by atoms with Crippen LogP contribution in [-0.4, -0.2) is 9.55 Å². The molecular weight excluding hydrogens is 188 g/mol. The number of nitrogens with one attached hydrogen (secondary N) is 1. The van der Waals surface area contributed by atoms with Gasteiger partial charge in [0.05, 0.1) is 16.7 Å². The van der Waals surface area contributed by atoms with Crippen molar-refractivity contribution >= 4 is 16.7 Å². The number of rotatable bonds is 2. The van der Waals surface area contributed by atoms with Crippen LogP contribution in [0.25, 0.3) is 11.0 Å². The highest BCUT2D eigenvalue weighted by Gasteiger charge is 2.10. The van der Waals surface area contributed by atoms with Gasteiger partial charge in [-0.1, -0.05) is 13.8 Å². The van der Waals surface area contributed by atoms with Crippen LogP contribution in [0.2, 0.25) is 0 Å². The van der Waals surface area contributed by atoms with E-state index in [9.17, 15) is 0 Å². The Kier molecular flexibility index (Phi) is 2.36. The van der Waals surface area contributed by atoms with Crippen LogP contribution in [0.15, 0.2) is 18.2 Å². The third-order valence-corrected chi connectivity index (χ3v) is 2.60. The molecule has 0 radical (unpaired) electrons. The molecule has 2 rings (SSSR count). The van der Waals surface area contributed by atoms with Gasteiger partial charge in [0.25, 0.3) is 0 Å². The molecule has 0 aliphatic heterocycles. The third-order valence-electron chi connectivity index (χ3n) is 2.60. The van der Waals surface area contributed by atoms with E-state index in [0.29, 0.717) is 5.92 Å². The first-order valence-electron chi connectivity index (χ1n) is 5.06. The minimum atomic E-state index is 0.427. The molecule has 15 heavy (non-hydrogen) atoms. The van der Waals surface area contributed by atoms with Gasteiger partial charge in [0.1, 0.15) is 5.82 Å². The summed E-state index contributed by atoms with van der Waals surface area (Å²) in [5.41, 5.74) is 5.63. The van der Waals surface area contributed by atoms with Crippen molar-refractivity contribution in [2.45, 2.75) is 19.8 Å². The molecule has 4 nitrogen and oxygen atoms in total. The van der Waals surface area contributed by atoms with Crippen LogP contribution in [0, 0.1) is 0 Å². The molecule has 1 heterocycles. The second-order valence-corrected chi connectivity index (χ2v) is 4.03. The van der Waals surface area contributed by atoms with Crippen LogP contribution in [0.5, 0.6) is 0 Å². The van der Waals surface area contributed by atoms with Crippen LogP contribution in [0.4, 0.5) is 5.69 Å². The predicted molar refractivity (Wildman–Crippen MR) is 62.6 cm³/mol. The largest absolute Gasteiger partial charge is 0.331 e. The van der Waals surface area contributed by atoms with Gasteiger partial charge >= 0.3 is 0 Å². The fourth-order valence-electron chi connectivity index (χ4n) is 1.82. The van der Waals surface area contributed by atoms with Crippen LogP contribution in [0.1, 0.15) is 25.6 Å². The van der Waals surface area contributed by atoms with Crippen molar-refractivity contribution in [1.29, 1.82) is 0 Å². The molecule has 0 spiro atoms. The summed E-state index contributed by atoms with van der Waals surface area (Å²) < 4.78 is 2.13. The van der Waals surface area contributed by atoms with E-state index in [2.05, 4.69) is 28.8 Å². The van der Waals surface area contributed by atoms with E-state index in [1.54, 1.807) is 0 Å². The molecule has 0 aliphatic rings. The maximum Gasteiger partial charge on any atom is 0.112 e. The summed E-state index contributed by atoms with van der Waals surface area (Å²) in [5.74, 6) is 6.88. The molecule has 0 amide bonds. The third kappa shape index (κ3) is 1.57. The van der Waals surface area contributed by atoms with Gasteiger partial charge in [0.2, 0.25) is 0 Å². The van der Waals surface area contributed by atoms with Gasteiger partial charge in [0, 0.05) is 13.0 Å². The lowest BCUT2D eigenvalue weighted by Gasteiger charge is -2.04. The minimum absolute atomic E-state index is 0.427. The molecular formula is C11H16N4. The lowest BCUT2D eigenvalue weighted by Crippen LogP contribution is -2.06. The zero-order valence-corrected chi connectivity index (χ0v) is 9.28.